The van der Waals surface area contributed by atoms with Gasteiger partial charge >= 0.3 is 5.97 Å². The van der Waals surface area contributed by atoms with Crippen molar-refractivity contribution < 1.29 is 14.7 Å². The summed E-state index contributed by atoms with van der Waals surface area (Å²) in [5, 5.41) is 8.89. The van der Waals surface area contributed by atoms with Gasteiger partial charge < -0.3 is 5.11 Å². The number of rotatable bonds is 5. The van der Waals surface area contributed by atoms with E-state index in [0.717, 1.165) is 18.9 Å². The van der Waals surface area contributed by atoms with Gasteiger partial charge in [0.25, 0.3) is 0 Å². The van der Waals surface area contributed by atoms with Gasteiger partial charge in [0.2, 0.25) is 0 Å². The Balaban J connectivity index is 2.25. The molecule has 0 aromatic heterocycles. The van der Waals surface area contributed by atoms with Crippen molar-refractivity contribution in [2.24, 2.45) is 22.7 Å². The van der Waals surface area contributed by atoms with Crippen LogP contribution in [0.3, 0.4) is 0 Å². The van der Waals surface area contributed by atoms with E-state index in [1.807, 2.05) is 0 Å². The van der Waals surface area contributed by atoms with Crippen molar-refractivity contribution in [1.82, 2.24) is 0 Å². The molecule has 0 amide bonds. The minimum absolute atomic E-state index is 0.156. The Morgan fingerprint density at radius 1 is 1.39 bits per heavy atom. The lowest BCUT2D eigenvalue weighted by molar-refractivity contribution is -0.131. The average molecular weight is 318 g/mol. The van der Waals surface area contributed by atoms with Gasteiger partial charge in [-0.3, -0.25) is 4.79 Å². The van der Waals surface area contributed by atoms with E-state index in [1.54, 1.807) is 0 Å². The number of aldehydes is 1. The fourth-order valence-corrected chi connectivity index (χ4v) is 5.07. The van der Waals surface area contributed by atoms with E-state index in [2.05, 4.69) is 33.8 Å². The topological polar surface area (TPSA) is 54.4 Å². The minimum Gasteiger partial charge on any atom is -0.478 e. The molecule has 1 saturated carbocycles. The van der Waals surface area contributed by atoms with Crippen LogP contribution in [0.1, 0.15) is 66.2 Å². The molecule has 4 atom stereocenters. The molecule has 1 N–H and O–H groups in total. The molecule has 2 aliphatic carbocycles. The van der Waals surface area contributed by atoms with E-state index in [9.17, 15) is 9.59 Å². The lowest BCUT2D eigenvalue weighted by Gasteiger charge is -2.58. The summed E-state index contributed by atoms with van der Waals surface area (Å²) in [5.74, 6) is 0.181. The first kappa shape index (κ1) is 18.0. The summed E-state index contributed by atoms with van der Waals surface area (Å²) in [6, 6.07) is 0. The maximum Gasteiger partial charge on any atom is 0.328 e. The van der Waals surface area contributed by atoms with Gasteiger partial charge in [-0.15, -0.1) is 0 Å². The summed E-state index contributed by atoms with van der Waals surface area (Å²) >= 11 is 0. The molecule has 0 radical (unpaired) electrons. The maximum atomic E-state index is 11.2. The number of carboxylic acids is 1. The van der Waals surface area contributed by atoms with Crippen molar-refractivity contribution in [3.63, 3.8) is 0 Å². The number of hydrogen-bond donors (Lipinski definition) is 1. The van der Waals surface area contributed by atoms with E-state index < -0.39 is 5.97 Å². The van der Waals surface area contributed by atoms with Crippen LogP contribution in [0.4, 0.5) is 0 Å². The summed E-state index contributed by atoms with van der Waals surface area (Å²) in [7, 11) is 0. The number of carboxylic acid groups (broad SMARTS) is 1. The van der Waals surface area contributed by atoms with Crippen LogP contribution >= 0.6 is 0 Å². The Bertz CT molecular complexity index is 545. The lowest BCUT2D eigenvalue weighted by Crippen LogP contribution is -2.49. The molecule has 0 aromatic rings. The summed E-state index contributed by atoms with van der Waals surface area (Å²) in [5.41, 5.74) is 2.34. The number of allylic oxidation sites excluding steroid dienone is 3. The highest BCUT2D eigenvalue weighted by Crippen LogP contribution is 2.61. The third kappa shape index (κ3) is 3.29. The van der Waals surface area contributed by atoms with Crippen molar-refractivity contribution in [3.8, 4) is 0 Å². The molecule has 23 heavy (non-hydrogen) atoms. The number of fused-ring (bicyclic) bond motifs is 1. The number of carbonyl (C=O) groups is 2. The highest BCUT2D eigenvalue weighted by molar-refractivity contribution is 5.88. The molecule has 3 heteroatoms. The largest absolute Gasteiger partial charge is 0.478 e. The van der Waals surface area contributed by atoms with Gasteiger partial charge in [-0.2, -0.15) is 0 Å². The molecule has 0 spiro atoms. The van der Waals surface area contributed by atoms with Gasteiger partial charge in [0.05, 0.1) is 0 Å². The summed E-state index contributed by atoms with van der Waals surface area (Å²) < 4.78 is 0. The summed E-state index contributed by atoms with van der Waals surface area (Å²) in [6.07, 6.45) is 10.4. The Morgan fingerprint density at radius 3 is 2.70 bits per heavy atom. The van der Waals surface area contributed by atoms with Gasteiger partial charge in [0, 0.05) is 6.08 Å². The van der Waals surface area contributed by atoms with Crippen molar-refractivity contribution in [2.45, 2.75) is 66.2 Å². The quantitative estimate of drug-likeness (QED) is 0.451. The van der Waals surface area contributed by atoms with Gasteiger partial charge in [0.1, 0.15) is 6.29 Å². The molecular formula is C20H30O3. The molecule has 3 nitrogen and oxygen atoms in total. The molecule has 1 fully saturated rings. The Labute approximate surface area is 139 Å². The lowest BCUT2D eigenvalue weighted by atomic mass is 9.47. The molecule has 0 aromatic carbocycles. The van der Waals surface area contributed by atoms with Gasteiger partial charge in [-0.05, 0) is 73.7 Å². The Hall–Kier alpha value is -1.38. The van der Waals surface area contributed by atoms with Crippen LogP contribution in [-0.2, 0) is 9.59 Å². The first-order valence-electron chi connectivity index (χ1n) is 8.80. The predicted molar refractivity (Wildman–Crippen MR) is 92.1 cm³/mol. The molecule has 2 aliphatic rings. The average Bonchev–Trinajstić information content (AvgIpc) is 2.50. The third-order valence-corrected chi connectivity index (χ3v) is 7.01. The van der Waals surface area contributed by atoms with Crippen LogP contribution in [0.5, 0.6) is 0 Å². The summed E-state index contributed by atoms with van der Waals surface area (Å²) in [6.45, 7) is 9.36. The Kier molecular flexibility index (Phi) is 5.17. The first-order valence-corrected chi connectivity index (χ1v) is 8.80. The SMILES string of the molecule is CC1=CCCC2C1(C)CCC(C)C2(C)CC/C(C=O)=C/C(=O)O. The number of carbonyl (C=O) groups excluding carboxylic acids is 1. The van der Waals surface area contributed by atoms with E-state index in [4.69, 9.17) is 5.11 Å². The maximum absolute atomic E-state index is 11.2. The fraction of sp³-hybridized carbons (Fsp3) is 0.700. The van der Waals surface area contributed by atoms with Crippen LogP contribution in [-0.4, -0.2) is 17.4 Å². The van der Waals surface area contributed by atoms with Gasteiger partial charge in [0.15, 0.2) is 0 Å². The first-order chi connectivity index (χ1) is 10.7. The zero-order valence-corrected chi connectivity index (χ0v) is 14.9. The minimum atomic E-state index is -1.03. The summed E-state index contributed by atoms with van der Waals surface area (Å²) in [4.78, 5) is 22.0. The van der Waals surface area contributed by atoms with E-state index in [0.29, 0.717) is 30.1 Å². The predicted octanol–water partition coefficient (Wildman–Crippen LogP) is 4.78. The molecule has 4 unspecified atom stereocenters. The van der Waals surface area contributed by atoms with E-state index >= 15 is 0 Å². The Morgan fingerprint density at radius 2 is 2.09 bits per heavy atom. The number of aliphatic carboxylic acids is 1. The highest BCUT2D eigenvalue weighted by Gasteiger charge is 2.52. The van der Waals surface area contributed by atoms with Crippen LogP contribution in [0, 0.1) is 22.7 Å². The zero-order chi connectivity index (χ0) is 17.3. The van der Waals surface area contributed by atoms with Crippen LogP contribution in [0.2, 0.25) is 0 Å². The molecule has 128 valence electrons. The van der Waals surface area contributed by atoms with Crippen molar-refractivity contribution in [2.75, 3.05) is 0 Å². The molecular weight excluding hydrogens is 288 g/mol. The van der Waals surface area contributed by atoms with Gasteiger partial charge in [-0.25, -0.2) is 4.79 Å². The molecule has 2 rings (SSSR count). The van der Waals surface area contributed by atoms with Crippen LogP contribution in [0.25, 0.3) is 0 Å². The normalized spacial score (nSPS) is 37.7. The molecule has 0 bridgehead atoms. The second-order valence-electron chi connectivity index (χ2n) is 8.06. The van der Waals surface area contributed by atoms with Crippen molar-refractivity contribution in [1.29, 1.82) is 0 Å². The second kappa shape index (κ2) is 6.62. The smallest absolute Gasteiger partial charge is 0.328 e. The standard InChI is InChI=1S/C20H30O3/c1-14-6-5-7-17-19(14,3)10-8-15(2)20(17,4)11-9-16(13-21)12-18(22)23/h6,12-13,15,17H,5,7-11H2,1-4H3,(H,22,23)/b16-12-. The molecule has 0 heterocycles. The van der Waals surface area contributed by atoms with Crippen LogP contribution < -0.4 is 0 Å². The van der Waals surface area contributed by atoms with E-state index in [1.165, 1.54) is 24.8 Å². The molecule has 0 aliphatic heterocycles. The zero-order valence-electron chi connectivity index (χ0n) is 14.9. The monoisotopic (exact) mass is 318 g/mol. The van der Waals surface area contributed by atoms with Crippen molar-refractivity contribution >= 4 is 12.3 Å². The highest BCUT2D eigenvalue weighted by atomic mass is 16.4. The molecule has 0 saturated heterocycles. The van der Waals surface area contributed by atoms with Gasteiger partial charge in [-0.1, -0.05) is 32.4 Å². The fourth-order valence-electron chi connectivity index (χ4n) is 5.07. The van der Waals surface area contributed by atoms with Crippen molar-refractivity contribution in [3.05, 3.63) is 23.3 Å². The van der Waals surface area contributed by atoms with E-state index in [-0.39, 0.29) is 10.8 Å². The number of hydrogen-bond acceptors (Lipinski definition) is 2. The van der Waals surface area contributed by atoms with Crippen LogP contribution in [0.15, 0.2) is 23.3 Å². The third-order valence-electron chi connectivity index (χ3n) is 7.01. The second-order valence-corrected chi connectivity index (χ2v) is 8.06.